The van der Waals surface area contributed by atoms with Crippen LogP contribution in [0.5, 0.6) is 0 Å². The number of piperazine rings is 1. The zero-order valence-electron chi connectivity index (χ0n) is 19.0. The van der Waals surface area contributed by atoms with E-state index in [1.807, 2.05) is 19.1 Å². The van der Waals surface area contributed by atoms with Crippen molar-refractivity contribution in [1.82, 2.24) is 25.2 Å². The molecule has 0 radical (unpaired) electrons. The van der Waals surface area contributed by atoms with E-state index in [9.17, 15) is 14.0 Å². The molecule has 1 aliphatic heterocycles. The van der Waals surface area contributed by atoms with Gasteiger partial charge in [-0.15, -0.1) is 0 Å². The highest BCUT2D eigenvalue weighted by atomic mass is 19.1. The van der Waals surface area contributed by atoms with Gasteiger partial charge < -0.3 is 15.2 Å². The highest BCUT2D eigenvalue weighted by Gasteiger charge is 2.26. The minimum atomic E-state index is -0.271. The van der Waals surface area contributed by atoms with Gasteiger partial charge in [-0.1, -0.05) is 6.08 Å². The van der Waals surface area contributed by atoms with E-state index in [1.54, 1.807) is 13.0 Å². The summed E-state index contributed by atoms with van der Waals surface area (Å²) in [5.41, 5.74) is 2.39. The number of hydrogen-bond donors (Lipinski definition) is 2. The van der Waals surface area contributed by atoms with Gasteiger partial charge in [0.05, 0.1) is 16.7 Å². The Labute approximate surface area is 191 Å². The van der Waals surface area contributed by atoms with E-state index < -0.39 is 0 Å². The number of anilines is 1. The van der Waals surface area contributed by atoms with Gasteiger partial charge in [0.15, 0.2) is 0 Å². The summed E-state index contributed by atoms with van der Waals surface area (Å²) in [6.07, 6.45) is 4.35. The molecule has 2 fully saturated rings. The highest BCUT2D eigenvalue weighted by molar-refractivity contribution is 5.93. The molecule has 0 bridgehead atoms. The smallest absolute Gasteiger partial charge is 0.270 e. The number of carbonyl (C=O) groups is 1. The largest absolute Gasteiger partial charge is 0.368 e. The molecule has 5 rings (SSSR count). The standard InChI is InChI=1S/C24H29FN6O2/c1-14-21(6-5-19(26-14)24(33)28-17-3-4-17)31-9-7-30(8-10-31)13-16-11-18(25)22-20(12-16)29-23(32)15(2)27-22/h5-6,12,16-17H,3-4,7-11,13H2,1-2H3,(H,28,33)(H,29,32). The Hall–Kier alpha value is -3.07. The van der Waals surface area contributed by atoms with Crippen LogP contribution in [0, 0.1) is 19.8 Å². The van der Waals surface area contributed by atoms with Gasteiger partial charge in [0.25, 0.3) is 11.5 Å². The van der Waals surface area contributed by atoms with Crippen LogP contribution in [0.25, 0.3) is 11.9 Å². The molecule has 0 spiro atoms. The molecule has 2 aliphatic carbocycles. The second-order valence-electron chi connectivity index (χ2n) is 9.29. The molecule has 0 aromatic carbocycles. The summed E-state index contributed by atoms with van der Waals surface area (Å²) < 4.78 is 14.6. The van der Waals surface area contributed by atoms with Crippen molar-refractivity contribution >= 4 is 23.5 Å². The Kier molecular flexibility index (Phi) is 5.74. The second-order valence-corrected chi connectivity index (χ2v) is 9.29. The summed E-state index contributed by atoms with van der Waals surface area (Å²) in [6, 6.07) is 4.10. The lowest BCUT2D eigenvalue weighted by Gasteiger charge is -2.37. The van der Waals surface area contributed by atoms with Gasteiger partial charge in [0.1, 0.15) is 22.6 Å². The lowest BCUT2D eigenvalue weighted by molar-refractivity contribution is 0.0946. The number of carbonyl (C=O) groups excluding carboxylic acids is 1. The molecular formula is C24H29FN6O2. The third-order valence-corrected chi connectivity index (χ3v) is 6.62. The van der Waals surface area contributed by atoms with Crippen molar-refractivity contribution in [3.8, 4) is 0 Å². The van der Waals surface area contributed by atoms with Crippen molar-refractivity contribution in [2.45, 2.75) is 39.2 Å². The molecular weight excluding hydrogens is 423 g/mol. The number of aromatic amines is 1. The highest BCUT2D eigenvalue weighted by Crippen LogP contribution is 2.23. The van der Waals surface area contributed by atoms with E-state index >= 15 is 0 Å². The SMILES string of the molecule is Cc1nc(C(=O)NC2CC2)ccc1N1CCN(CC2C=c3[nH]c(=O)c(C)nc3=C(F)C2)CC1. The first-order valence-corrected chi connectivity index (χ1v) is 11.6. The van der Waals surface area contributed by atoms with Crippen molar-refractivity contribution < 1.29 is 9.18 Å². The van der Waals surface area contributed by atoms with Gasteiger partial charge in [0, 0.05) is 45.2 Å². The first kappa shape index (κ1) is 21.8. The van der Waals surface area contributed by atoms with E-state index in [-0.39, 0.29) is 34.3 Å². The predicted molar refractivity (Wildman–Crippen MR) is 124 cm³/mol. The molecule has 1 atom stereocenters. The Balaban J connectivity index is 1.21. The van der Waals surface area contributed by atoms with Gasteiger partial charge in [-0.05, 0) is 44.7 Å². The number of halogens is 1. The van der Waals surface area contributed by atoms with Gasteiger partial charge in [-0.2, -0.15) is 0 Å². The molecule has 9 heteroatoms. The van der Waals surface area contributed by atoms with Crippen LogP contribution in [0.4, 0.5) is 10.1 Å². The minimum Gasteiger partial charge on any atom is -0.368 e. The zero-order valence-corrected chi connectivity index (χ0v) is 19.0. The summed E-state index contributed by atoms with van der Waals surface area (Å²) >= 11 is 0. The number of amides is 1. The number of aryl methyl sites for hydroxylation is 2. The van der Waals surface area contributed by atoms with Crippen molar-refractivity contribution in [1.29, 1.82) is 0 Å². The molecule has 1 amide bonds. The van der Waals surface area contributed by atoms with Crippen LogP contribution in [0.3, 0.4) is 0 Å². The number of hydrogen-bond acceptors (Lipinski definition) is 6. The van der Waals surface area contributed by atoms with Gasteiger partial charge in [0.2, 0.25) is 0 Å². The van der Waals surface area contributed by atoms with Crippen LogP contribution in [-0.2, 0) is 0 Å². The number of nitrogens with zero attached hydrogens (tertiary/aromatic N) is 4. The van der Waals surface area contributed by atoms with Crippen LogP contribution >= 0.6 is 0 Å². The number of fused-ring (bicyclic) bond motifs is 1. The Morgan fingerprint density at radius 2 is 1.91 bits per heavy atom. The third kappa shape index (κ3) is 4.68. The van der Waals surface area contributed by atoms with Crippen LogP contribution in [0.15, 0.2) is 16.9 Å². The molecule has 2 N–H and O–H groups in total. The average Bonchev–Trinajstić information content (AvgIpc) is 3.60. The minimum absolute atomic E-state index is 0.00290. The lowest BCUT2D eigenvalue weighted by Crippen LogP contribution is -2.49. The van der Waals surface area contributed by atoms with Crippen molar-refractivity contribution in [2.75, 3.05) is 37.6 Å². The molecule has 8 nitrogen and oxygen atoms in total. The van der Waals surface area contributed by atoms with Crippen LogP contribution in [-0.4, -0.2) is 64.5 Å². The monoisotopic (exact) mass is 452 g/mol. The molecule has 3 aliphatic rings. The van der Waals surface area contributed by atoms with Crippen LogP contribution < -0.4 is 26.5 Å². The fraction of sp³-hybridized carbons (Fsp3) is 0.500. The lowest BCUT2D eigenvalue weighted by atomic mass is 9.99. The number of nitrogens with one attached hydrogen (secondary N) is 2. The van der Waals surface area contributed by atoms with E-state index in [4.69, 9.17) is 0 Å². The molecule has 174 valence electrons. The van der Waals surface area contributed by atoms with E-state index in [1.165, 1.54) is 0 Å². The van der Waals surface area contributed by atoms with Gasteiger partial charge >= 0.3 is 0 Å². The van der Waals surface area contributed by atoms with Crippen molar-refractivity contribution in [3.05, 3.63) is 50.3 Å². The molecule has 2 aromatic heterocycles. The number of pyridine rings is 1. The molecule has 1 saturated heterocycles. The van der Waals surface area contributed by atoms with Crippen molar-refractivity contribution in [2.24, 2.45) is 5.92 Å². The van der Waals surface area contributed by atoms with E-state index in [0.29, 0.717) is 23.5 Å². The Bertz CT molecular complexity index is 1260. The first-order chi connectivity index (χ1) is 15.9. The average molecular weight is 453 g/mol. The molecule has 1 unspecified atom stereocenters. The van der Waals surface area contributed by atoms with Crippen molar-refractivity contribution in [3.63, 3.8) is 0 Å². The second kappa shape index (κ2) is 8.70. The fourth-order valence-corrected chi connectivity index (χ4v) is 4.62. The number of rotatable bonds is 5. The Morgan fingerprint density at radius 3 is 2.61 bits per heavy atom. The number of H-pyrrole nitrogens is 1. The maximum atomic E-state index is 14.6. The summed E-state index contributed by atoms with van der Waals surface area (Å²) in [5, 5.41) is 3.74. The van der Waals surface area contributed by atoms with E-state index in [2.05, 4.69) is 30.1 Å². The molecule has 2 aromatic rings. The summed E-state index contributed by atoms with van der Waals surface area (Å²) in [6.45, 7) is 7.64. The normalized spacial score (nSPS) is 20.9. The summed E-state index contributed by atoms with van der Waals surface area (Å²) in [7, 11) is 0. The van der Waals surface area contributed by atoms with E-state index in [0.717, 1.165) is 56.9 Å². The fourth-order valence-electron chi connectivity index (χ4n) is 4.62. The van der Waals surface area contributed by atoms with Crippen LogP contribution in [0.2, 0.25) is 0 Å². The maximum Gasteiger partial charge on any atom is 0.270 e. The molecule has 33 heavy (non-hydrogen) atoms. The Morgan fingerprint density at radius 1 is 1.15 bits per heavy atom. The topological polar surface area (TPSA) is 94.2 Å². The molecule has 3 heterocycles. The predicted octanol–water partition coefficient (Wildman–Crippen LogP) is 0.374. The summed E-state index contributed by atoms with van der Waals surface area (Å²) in [4.78, 5) is 40.2. The number of aromatic nitrogens is 3. The van der Waals surface area contributed by atoms with Gasteiger partial charge in [-0.3, -0.25) is 14.5 Å². The molecule has 1 saturated carbocycles. The third-order valence-electron chi connectivity index (χ3n) is 6.62. The van der Waals surface area contributed by atoms with Gasteiger partial charge in [-0.25, -0.2) is 14.4 Å². The van der Waals surface area contributed by atoms with Crippen LogP contribution in [0.1, 0.15) is 41.1 Å². The first-order valence-electron chi connectivity index (χ1n) is 11.6. The zero-order chi connectivity index (χ0) is 23.1. The summed E-state index contributed by atoms with van der Waals surface area (Å²) in [5.74, 6) is -0.363. The quantitative estimate of drug-likeness (QED) is 0.681. The maximum absolute atomic E-state index is 14.6.